The van der Waals surface area contributed by atoms with Crippen LogP contribution in [0.15, 0.2) is 23.3 Å². The van der Waals surface area contributed by atoms with E-state index in [-0.39, 0.29) is 0 Å². The summed E-state index contributed by atoms with van der Waals surface area (Å²) in [5.74, 6) is 0. The fourth-order valence-electron chi connectivity index (χ4n) is 0.601. The maximum atomic E-state index is 5.64. The van der Waals surface area contributed by atoms with Gasteiger partial charge in [-0.05, 0) is 33.6 Å². The molecule has 0 aliphatic rings. The molecule has 1 nitrogen and oxygen atoms in total. The SMILES string of the molecule is C=Cc1cc(Cl)nc(Br)c1. The molecule has 0 amide bonds. The first kappa shape index (κ1) is 7.76. The van der Waals surface area contributed by atoms with E-state index in [1.807, 2.05) is 6.07 Å². The number of aromatic nitrogens is 1. The number of rotatable bonds is 1. The molecule has 0 aromatic carbocycles. The van der Waals surface area contributed by atoms with Crippen LogP contribution in [0.3, 0.4) is 0 Å². The van der Waals surface area contributed by atoms with Crippen LogP contribution in [0.5, 0.6) is 0 Å². The topological polar surface area (TPSA) is 12.9 Å². The maximum absolute atomic E-state index is 5.64. The van der Waals surface area contributed by atoms with E-state index in [0.717, 1.165) is 10.2 Å². The Morgan fingerprint density at radius 3 is 2.80 bits per heavy atom. The molecular weight excluding hydrogens is 213 g/mol. The molecule has 0 aliphatic heterocycles. The van der Waals surface area contributed by atoms with E-state index in [4.69, 9.17) is 11.6 Å². The van der Waals surface area contributed by atoms with Crippen molar-refractivity contribution in [2.75, 3.05) is 0 Å². The molecule has 1 rings (SSSR count). The van der Waals surface area contributed by atoms with Crippen LogP contribution in [0.4, 0.5) is 0 Å². The van der Waals surface area contributed by atoms with E-state index in [2.05, 4.69) is 27.5 Å². The van der Waals surface area contributed by atoms with Crippen LogP contribution in [0.1, 0.15) is 5.56 Å². The van der Waals surface area contributed by atoms with Crippen molar-refractivity contribution in [1.82, 2.24) is 4.98 Å². The van der Waals surface area contributed by atoms with E-state index in [1.54, 1.807) is 12.1 Å². The highest BCUT2D eigenvalue weighted by Gasteiger charge is 1.93. The molecule has 1 heterocycles. The van der Waals surface area contributed by atoms with Crippen molar-refractivity contribution in [3.05, 3.63) is 34.0 Å². The molecule has 1 aromatic rings. The first-order valence-corrected chi connectivity index (χ1v) is 3.85. The minimum absolute atomic E-state index is 0.476. The third-order valence-electron chi connectivity index (χ3n) is 1.02. The minimum atomic E-state index is 0.476. The summed E-state index contributed by atoms with van der Waals surface area (Å²) in [7, 11) is 0. The van der Waals surface area contributed by atoms with Crippen molar-refractivity contribution in [3.8, 4) is 0 Å². The molecule has 0 saturated heterocycles. The van der Waals surface area contributed by atoms with Crippen molar-refractivity contribution in [2.45, 2.75) is 0 Å². The second-order valence-corrected chi connectivity index (χ2v) is 2.95. The Morgan fingerprint density at radius 1 is 1.60 bits per heavy atom. The molecule has 0 aliphatic carbocycles. The van der Waals surface area contributed by atoms with Crippen LogP contribution < -0.4 is 0 Å². The highest BCUT2D eigenvalue weighted by atomic mass is 79.9. The van der Waals surface area contributed by atoms with E-state index >= 15 is 0 Å². The van der Waals surface area contributed by atoms with Crippen molar-refractivity contribution < 1.29 is 0 Å². The molecule has 52 valence electrons. The zero-order chi connectivity index (χ0) is 7.56. The van der Waals surface area contributed by atoms with Crippen LogP contribution >= 0.6 is 27.5 Å². The molecule has 0 bridgehead atoms. The lowest BCUT2D eigenvalue weighted by atomic mass is 10.3. The quantitative estimate of drug-likeness (QED) is 0.660. The zero-order valence-electron chi connectivity index (χ0n) is 5.14. The fraction of sp³-hybridized carbons (Fsp3) is 0. The lowest BCUT2D eigenvalue weighted by molar-refractivity contribution is 1.27. The van der Waals surface area contributed by atoms with Crippen LogP contribution in [-0.2, 0) is 0 Å². The maximum Gasteiger partial charge on any atom is 0.130 e. The molecule has 0 unspecified atom stereocenters. The summed E-state index contributed by atoms with van der Waals surface area (Å²) in [6.07, 6.45) is 1.72. The van der Waals surface area contributed by atoms with Crippen molar-refractivity contribution in [3.63, 3.8) is 0 Å². The van der Waals surface area contributed by atoms with Gasteiger partial charge in [0.05, 0.1) is 0 Å². The van der Waals surface area contributed by atoms with Gasteiger partial charge in [-0.1, -0.05) is 24.3 Å². The minimum Gasteiger partial charge on any atom is -0.229 e. The summed E-state index contributed by atoms with van der Waals surface area (Å²) in [5.41, 5.74) is 0.965. The second-order valence-electron chi connectivity index (χ2n) is 1.75. The molecule has 0 radical (unpaired) electrons. The van der Waals surface area contributed by atoms with E-state index < -0.39 is 0 Å². The molecular formula is C7H5BrClN. The molecule has 0 spiro atoms. The van der Waals surface area contributed by atoms with Crippen molar-refractivity contribution in [2.24, 2.45) is 0 Å². The number of halogens is 2. The number of nitrogens with zero attached hydrogens (tertiary/aromatic N) is 1. The lowest BCUT2D eigenvalue weighted by Crippen LogP contribution is -1.78. The Hall–Kier alpha value is -0.340. The van der Waals surface area contributed by atoms with Gasteiger partial charge in [0, 0.05) is 0 Å². The molecule has 0 fully saturated rings. The molecule has 3 heteroatoms. The van der Waals surface area contributed by atoms with E-state index in [9.17, 15) is 0 Å². The van der Waals surface area contributed by atoms with Crippen LogP contribution in [0.25, 0.3) is 6.08 Å². The van der Waals surface area contributed by atoms with Gasteiger partial charge in [0.15, 0.2) is 0 Å². The Morgan fingerprint density at radius 2 is 2.30 bits per heavy atom. The van der Waals surface area contributed by atoms with Gasteiger partial charge in [-0.3, -0.25) is 0 Å². The Labute approximate surface area is 72.9 Å². The summed E-state index contributed by atoms with van der Waals surface area (Å²) in [6.45, 7) is 3.61. The van der Waals surface area contributed by atoms with Gasteiger partial charge in [0.2, 0.25) is 0 Å². The highest BCUT2D eigenvalue weighted by Crippen LogP contribution is 2.15. The van der Waals surface area contributed by atoms with E-state index in [1.165, 1.54) is 0 Å². The Balaban J connectivity index is 3.18. The predicted molar refractivity (Wildman–Crippen MR) is 47.0 cm³/mol. The first-order chi connectivity index (χ1) is 4.72. The Bertz CT molecular complexity index is 240. The first-order valence-electron chi connectivity index (χ1n) is 2.68. The molecule has 0 atom stereocenters. The Kier molecular flexibility index (Phi) is 2.46. The molecule has 10 heavy (non-hydrogen) atoms. The number of hydrogen-bond donors (Lipinski definition) is 0. The largest absolute Gasteiger partial charge is 0.229 e. The second kappa shape index (κ2) is 3.17. The number of hydrogen-bond acceptors (Lipinski definition) is 1. The fourth-order valence-corrected chi connectivity index (χ4v) is 1.38. The van der Waals surface area contributed by atoms with Crippen LogP contribution in [0, 0.1) is 0 Å². The van der Waals surface area contributed by atoms with Crippen LogP contribution in [0.2, 0.25) is 5.15 Å². The summed E-state index contributed by atoms with van der Waals surface area (Å²) in [5, 5.41) is 0.476. The van der Waals surface area contributed by atoms with Crippen molar-refractivity contribution in [1.29, 1.82) is 0 Å². The van der Waals surface area contributed by atoms with Crippen molar-refractivity contribution >= 4 is 33.6 Å². The van der Waals surface area contributed by atoms with Gasteiger partial charge in [-0.2, -0.15) is 0 Å². The van der Waals surface area contributed by atoms with Gasteiger partial charge < -0.3 is 0 Å². The van der Waals surface area contributed by atoms with Gasteiger partial charge in [0.1, 0.15) is 9.76 Å². The third kappa shape index (κ3) is 1.82. The van der Waals surface area contributed by atoms with E-state index in [0.29, 0.717) is 5.15 Å². The average molecular weight is 218 g/mol. The lowest BCUT2D eigenvalue weighted by Gasteiger charge is -1.94. The van der Waals surface area contributed by atoms with Crippen LogP contribution in [-0.4, -0.2) is 4.98 Å². The molecule has 1 aromatic heterocycles. The highest BCUT2D eigenvalue weighted by molar-refractivity contribution is 9.10. The summed E-state index contributed by atoms with van der Waals surface area (Å²) >= 11 is 8.85. The summed E-state index contributed by atoms with van der Waals surface area (Å²) < 4.78 is 0.731. The normalized spacial score (nSPS) is 9.40. The van der Waals surface area contributed by atoms with Gasteiger partial charge in [-0.25, -0.2) is 4.98 Å². The van der Waals surface area contributed by atoms with Gasteiger partial charge in [0.25, 0.3) is 0 Å². The number of pyridine rings is 1. The summed E-state index contributed by atoms with van der Waals surface area (Å²) in [6, 6.07) is 3.60. The summed E-state index contributed by atoms with van der Waals surface area (Å²) in [4.78, 5) is 3.92. The molecule has 0 saturated carbocycles. The van der Waals surface area contributed by atoms with Gasteiger partial charge in [-0.15, -0.1) is 0 Å². The molecule has 0 N–H and O–H groups in total. The average Bonchev–Trinajstić information content (AvgIpc) is 1.85. The third-order valence-corrected chi connectivity index (χ3v) is 1.62. The van der Waals surface area contributed by atoms with Gasteiger partial charge >= 0.3 is 0 Å². The monoisotopic (exact) mass is 217 g/mol. The smallest absolute Gasteiger partial charge is 0.130 e. The standard InChI is InChI=1S/C7H5BrClN/c1-2-5-3-6(8)10-7(9)4-5/h2-4H,1H2. The zero-order valence-corrected chi connectivity index (χ0v) is 7.48. The predicted octanol–water partition coefficient (Wildman–Crippen LogP) is 3.14.